The van der Waals surface area contributed by atoms with Gasteiger partial charge in [-0.05, 0) is 25.3 Å². The third-order valence-electron chi connectivity index (χ3n) is 2.11. The van der Waals surface area contributed by atoms with Gasteiger partial charge in [0, 0.05) is 12.0 Å². The molecule has 0 amide bonds. The number of carbonyl (C=O) groups excluding carboxylic acids is 2. The minimum atomic E-state index is -0.219. The summed E-state index contributed by atoms with van der Waals surface area (Å²) in [6, 6.07) is 0. The minimum Gasteiger partial charge on any atom is -0.469 e. The second-order valence-corrected chi connectivity index (χ2v) is 3.11. The number of unbranched alkanes of at least 4 members (excludes halogenated alkanes) is 1. The molecule has 0 bridgehead atoms. The molecule has 1 rings (SSSR count). The van der Waals surface area contributed by atoms with Gasteiger partial charge in [-0.25, -0.2) is 4.79 Å². The van der Waals surface area contributed by atoms with Crippen LogP contribution in [0.5, 0.6) is 0 Å². The summed E-state index contributed by atoms with van der Waals surface area (Å²) in [6.45, 7) is 0.394. The van der Waals surface area contributed by atoms with Gasteiger partial charge in [0.1, 0.15) is 6.61 Å². The standard InChI is InChI=1S/C10H14O4/c1-13-9(11)5-3-2-4-8-6-7-14-10(8)12/h6H,2-5,7H2,1H3. The largest absolute Gasteiger partial charge is 0.469 e. The molecule has 4 nitrogen and oxygen atoms in total. The van der Waals surface area contributed by atoms with Crippen molar-refractivity contribution < 1.29 is 19.1 Å². The van der Waals surface area contributed by atoms with Gasteiger partial charge in [-0.1, -0.05) is 0 Å². The third kappa shape index (κ3) is 3.20. The van der Waals surface area contributed by atoms with Crippen LogP contribution in [0.4, 0.5) is 0 Å². The summed E-state index contributed by atoms with van der Waals surface area (Å²) in [7, 11) is 1.37. The fourth-order valence-electron chi connectivity index (χ4n) is 1.28. The molecule has 0 aliphatic carbocycles. The molecular formula is C10H14O4. The van der Waals surface area contributed by atoms with Crippen LogP contribution in [0.3, 0.4) is 0 Å². The van der Waals surface area contributed by atoms with Crippen LogP contribution >= 0.6 is 0 Å². The molecule has 0 aromatic rings. The van der Waals surface area contributed by atoms with Crippen molar-refractivity contribution in [3.8, 4) is 0 Å². The first-order valence-electron chi connectivity index (χ1n) is 4.67. The zero-order valence-electron chi connectivity index (χ0n) is 8.25. The predicted molar refractivity (Wildman–Crippen MR) is 49.5 cm³/mol. The van der Waals surface area contributed by atoms with Gasteiger partial charge < -0.3 is 9.47 Å². The average Bonchev–Trinajstić information content (AvgIpc) is 2.58. The SMILES string of the molecule is COC(=O)CCCCC1=CCOC1=O. The molecule has 1 heterocycles. The van der Waals surface area contributed by atoms with Crippen LogP contribution in [0.2, 0.25) is 0 Å². The summed E-state index contributed by atoms with van der Waals surface area (Å²) in [4.78, 5) is 21.7. The van der Waals surface area contributed by atoms with E-state index in [-0.39, 0.29) is 11.9 Å². The number of methoxy groups -OCH3 is 1. The molecule has 0 radical (unpaired) electrons. The summed E-state index contributed by atoms with van der Waals surface area (Å²) < 4.78 is 9.24. The quantitative estimate of drug-likeness (QED) is 0.492. The Balaban J connectivity index is 2.10. The Morgan fingerprint density at radius 2 is 2.36 bits per heavy atom. The highest BCUT2D eigenvalue weighted by Crippen LogP contribution is 2.15. The zero-order chi connectivity index (χ0) is 10.4. The van der Waals surface area contributed by atoms with E-state index in [1.807, 2.05) is 0 Å². The molecule has 0 saturated carbocycles. The molecule has 1 aliphatic rings. The van der Waals surface area contributed by atoms with Crippen LogP contribution in [-0.4, -0.2) is 25.7 Å². The van der Waals surface area contributed by atoms with Crippen molar-refractivity contribution in [3.63, 3.8) is 0 Å². The van der Waals surface area contributed by atoms with E-state index in [0.717, 1.165) is 18.4 Å². The van der Waals surface area contributed by atoms with Gasteiger partial charge in [-0.15, -0.1) is 0 Å². The molecule has 0 atom stereocenters. The first kappa shape index (κ1) is 10.8. The Bertz CT molecular complexity index is 255. The lowest BCUT2D eigenvalue weighted by Gasteiger charge is -1.99. The second-order valence-electron chi connectivity index (χ2n) is 3.11. The van der Waals surface area contributed by atoms with Crippen molar-refractivity contribution in [1.82, 2.24) is 0 Å². The number of cyclic esters (lactones) is 1. The molecule has 14 heavy (non-hydrogen) atoms. The monoisotopic (exact) mass is 198 g/mol. The number of esters is 2. The molecule has 0 fully saturated rings. The van der Waals surface area contributed by atoms with Crippen LogP contribution in [0.15, 0.2) is 11.6 Å². The molecule has 0 unspecified atom stereocenters. The number of carbonyl (C=O) groups is 2. The molecule has 0 saturated heterocycles. The number of hydrogen-bond acceptors (Lipinski definition) is 4. The van der Waals surface area contributed by atoms with Crippen LogP contribution in [0.25, 0.3) is 0 Å². The topological polar surface area (TPSA) is 52.6 Å². The van der Waals surface area contributed by atoms with E-state index >= 15 is 0 Å². The lowest BCUT2D eigenvalue weighted by Crippen LogP contribution is -2.01. The van der Waals surface area contributed by atoms with Crippen molar-refractivity contribution in [2.75, 3.05) is 13.7 Å². The van der Waals surface area contributed by atoms with Crippen molar-refractivity contribution >= 4 is 11.9 Å². The summed E-state index contributed by atoms with van der Waals surface area (Å²) in [5, 5.41) is 0. The number of hydrogen-bond donors (Lipinski definition) is 0. The van der Waals surface area contributed by atoms with E-state index in [1.54, 1.807) is 6.08 Å². The summed E-state index contributed by atoms with van der Waals surface area (Å²) in [5.74, 6) is -0.420. The van der Waals surface area contributed by atoms with Gasteiger partial charge in [-0.2, -0.15) is 0 Å². The Kier molecular flexibility index (Phi) is 4.16. The third-order valence-corrected chi connectivity index (χ3v) is 2.11. The van der Waals surface area contributed by atoms with E-state index in [9.17, 15) is 9.59 Å². The van der Waals surface area contributed by atoms with Crippen LogP contribution in [-0.2, 0) is 19.1 Å². The van der Waals surface area contributed by atoms with Crippen LogP contribution < -0.4 is 0 Å². The molecule has 0 aromatic heterocycles. The minimum absolute atomic E-state index is 0.201. The molecule has 0 spiro atoms. The first-order valence-corrected chi connectivity index (χ1v) is 4.67. The fourth-order valence-corrected chi connectivity index (χ4v) is 1.28. The highest BCUT2D eigenvalue weighted by atomic mass is 16.5. The Hall–Kier alpha value is -1.32. The van der Waals surface area contributed by atoms with Crippen molar-refractivity contribution in [1.29, 1.82) is 0 Å². The average molecular weight is 198 g/mol. The highest BCUT2D eigenvalue weighted by Gasteiger charge is 2.15. The maximum atomic E-state index is 11.0. The van der Waals surface area contributed by atoms with Gasteiger partial charge in [-0.3, -0.25) is 4.79 Å². The van der Waals surface area contributed by atoms with Crippen molar-refractivity contribution in [2.24, 2.45) is 0 Å². The van der Waals surface area contributed by atoms with Gasteiger partial charge in [0.25, 0.3) is 0 Å². The van der Waals surface area contributed by atoms with E-state index in [0.29, 0.717) is 19.4 Å². The van der Waals surface area contributed by atoms with Crippen LogP contribution in [0.1, 0.15) is 25.7 Å². The predicted octanol–water partition coefficient (Wildman–Crippen LogP) is 1.20. The van der Waals surface area contributed by atoms with Gasteiger partial charge in [0.15, 0.2) is 0 Å². The van der Waals surface area contributed by atoms with Crippen molar-refractivity contribution in [2.45, 2.75) is 25.7 Å². The molecule has 1 aliphatic heterocycles. The lowest BCUT2D eigenvalue weighted by atomic mass is 10.1. The second kappa shape index (κ2) is 5.42. The fraction of sp³-hybridized carbons (Fsp3) is 0.600. The summed E-state index contributed by atoms with van der Waals surface area (Å²) in [5.41, 5.74) is 0.731. The van der Waals surface area contributed by atoms with E-state index < -0.39 is 0 Å². The van der Waals surface area contributed by atoms with Gasteiger partial charge in [0.2, 0.25) is 0 Å². The van der Waals surface area contributed by atoms with Crippen LogP contribution in [0, 0.1) is 0 Å². The highest BCUT2D eigenvalue weighted by molar-refractivity contribution is 5.90. The molecule has 0 aromatic carbocycles. The molecule has 0 N–H and O–H groups in total. The Labute approximate surface area is 82.9 Å². The smallest absolute Gasteiger partial charge is 0.334 e. The maximum Gasteiger partial charge on any atom is 0.334 e. The van der Waals surface area contributed by atoms with E-state index in [4.69, 9.17) is 4.74 Å². The Morgan fingerprint density at radius 1 is 1.57 bits per heavy atom. The summed E-state index contributed by atoms with van der Waals surface area (Å²) in [6.07, 6.45) is 4.46. The number of ether oxygens (including phenoxy) is 2. The van der Waals surface area contributed by atoms with Gasteiger partial charge >= 0.3 is 11.9 Å². The Morgan fingerprint density at radius 3 is 2.93 bits per heavy atom. The van der Waals surface area contributed by atoms with Gasteiger partial charge in [0.05, 0.1) is 7.11 Å². The zero-order valence-corrected chi connectivity index (χ0v) is 8.25. The van der Waals surface area contributed by atoms with E-state index in [1.165, 1.54) is 7.11 Å². The summed E-state index contributed by atoms with van der Waals surface area (Å²) >= 11 is 0. The molecular weight excluding hydrogens is 184 g/mol. The maximum absolute atomic E-state index is 11.0. The lowest BCUT2D eigenvalue weighted by molar-refractivity contribution is -0.140. The van der Waals surface area contributed by atoms with E-state index in [2.05, 4.69) is 4.74 Å². The molecule has 4 heteroatoms. The normalized spacial score (nSPS) is 14.9. The first-order chi connectivity index (χ1) is 6.74. The van der Waals surface area contributed by atoms with Crippen molar-refractivity contribution in [3.05, 3.63) is 11.6 Å². The molecule has 78 valence electrons. The number of rotatable bonds is 5.